The molecule has 0 spiro atoms. The van der Waals surface area contributed by atoms with Gasteiger partial charge in [0.15, 0.2) is 11.6 Å². The van der Waals surface area contributed by atoms with Gasteiger partial charge in [0.25, 0.3) is 11.8 Å². The Labute approximate surface area is 176 Å². The number of nitrogens with one attached hydrogen (secondary N) is 2. The normalized spacial score (nSPS) is 10.8. The molecule has 0 saturated carbocycles. The predicted octanol–water partition coefficient (Wildman–Crippen LogP) is 4.35. The summed E-state index contributed by atoms with van der Waals surface area (Å²) in [5.74, 6) is 0.253. The Morgan fingerprint density at radius 2 is 1.90 bits per heavy atom. The van der Waals surface area contributed by atoms with Crippen molar-refractivity contribution in [3.05, 3.63) is 76.4 Å². The minimum Gasteiger partial charge on any atom is -0.459 e. The first kappa shape index (κ1) is 19.6. The predicted molar refractivity (Wildman–Crippen MR) is 115 cm³/mol. The van der Waals surface area contributed by atoms with Crippen LogP contribution >= 0.6 is 11.3 Å². The summed E-state index contributed by atoms with van der Waals surface area (Å²) in [7, 11) is 0. The molecule has 4 rings (SSSR count). The first-order chi connectivity index (χ1) is 14.4. The Bertz CT molecular complexity index is 1210. The minimum absolute atomic E-state index is 0.209. The molecular formula is C21H19N5O3S. The van der Waals surface area contributed by atoms with Crippen molar-refractivity contribution >= 4 is 33.8 Å². The molecule has 2 amide bonds. The van der Waals surface area contributed by atoms with Crippen molar-refractivity contribution in [2.24, 2.45) is 0 Å². The Morgan fingerprint density at radius 3 is 2.53 bits per heavy atom. The van der Waals surface area contributed by atoms with Gasteiger partial charge in [-0.15, -0.1) is 11.3 Å². The SMILES string of the molecule is Cc1cc(C)n(-c2ccc(NC(=O)c3sc(NC(=O)c4ccco4)cc3C)cn2)n1. The number of amides is 2. The van der Waals surface area contributed by atoms with E-state index in [0.717, 1.165) is 17.0 Å². The fourth-order valence-electron chi connectivity index (χ4n) is 2.98. The van der Waals surface area contributed by atoms with Crippen LogP contribution in [0.2, 0.25) is 0 Å². The molecule has 0 saturated heterocycles. The third kappa shape index (κ3) is 4.01. The van der Waals surface area contributed by atoms with E-state index in [1.807, 2.05) is 26.8 Å². The van der Waals surface area contributed by atoms with E-state index in [1.165, 1.54) is 17.6 Å². The van der Waals surface area contributed by atoms with Gasteiger partial charge in [-0.25, -0.2) is 9.67 Å². The van der Waals surface area contributed by atoms with Crippen LogP contribution in [0.5, 0.6) is 0 Å². The van der Waals surface area contributed by atoms with Gasteiger partial charge in [0.1, 0.15) is 0 Å². The number of aromatic nitrogens is 3. The van der Waals surface area contributed by atoms with Crippen LogP contribution in [0.4, 0.5) is 10.7 Å². The third-order valence-corrected chi connectivity index (χ3v) is 5.49. The van der Waals surface area contributed by atoms with Crippen molar-refractivity contribution in [1.82, 2.24) is 14.8 Å². The molecule has 30 heavy (non-hydrogen) atoms. The lowest BCUT2D eigenvalue weighted by molar-refractivity contribution is 0.0995. The maximum atomic E-state index is 12.7. The second-order valence-electron chi connectivity index (χ2n) is 6.75. The number of hydrogen-bond donors (Lipinski definition) is 2. The first-order valence-corrected chi connectivity index (χ1v) is 9.98. The number of aryl methyl sites for hydroxylation is 3. The minimum atomic E-state index is -0.364. The van der Waals surface area contributed by atoms with E-state index >= 15 is 0 Å². The average Bonchev–Trinajstić information content (AvgIpc) is 3.43. The van der Waals surface area contributed by atoms with Gasteiger partial charge in [0.2, 0.25) is 0 Å². The van der Waals surface area contributed by atoms with Gasteiger partial charge in [0, 0.05) is 5.69 Å². The van der Waals surface area contributed by atoms with E-state index < -0.39 is 0 Å². The highest BCUT2D eigenvalue weighted by molar-refractivity contribution is 7.18. The highest BCUT2D eigenvalue weighted by Gasteiger charge is 2.17. The molecular weight excluding hydrogens is 402 g/mol. The number of nitrogens with zero attached hydrogens (tertiary/aromatic N) is 3. The van der Waals surface area contributed by atoms with Crippen LogP contribution in [0, 0.1) is 20.8 Å². The van der Waals surface area contributed by atoms with Crippen LogP contribution in [0.15, 0.2) is 53.3 Å². The Morgan fingerprint density at radius 1 is 1.07 bits per heavy atom. The summed E-state index contributed by atoms with van der Waals surface area (Å²) in [5.41, 5.74) is 3.23. The second kappa shape index (κ2) is 7.96. The highest BCUT2D eigenvalue weighted by atomic mass is 32.1. The van der Waals surface area contributed by atoms with Crippen molar-refractivity contribution in [2.45, 2.75) is 20.8 Å². The Kier molecular flexibility index (Phi) is 5.20. The Hall–Kier alpha value is -3.72. The average molecular weight is 421 g/mol. The molecule has 0 aliphatic carbocycles. The molecule has 0 unspecified atom stereocenters. The summed E-state index contributed by atoms with van der Waals surface area (Å²) in [6.45, 7) is 5.70. The van der Waals surface area contributed by atoms with Crippen molar-refractivity contribution in [1.29, 1.82) is 0 Å². The van der Waals surface area contributed by atoms with Crippen molar-refractivity contribution in [3.8, 4) is 5.82 Å². The molecule has 0 atom stereocenters. The summed E-state index contributed by atoms with van der Waals surface area (Å²) in [6, 6.07) is 10.5. The zero-order valence-corrected chi connectivity index (χ0v) is 17.4. The number of hydrogen-bond acceptors (Lipinski definition) is 6. The summed E-state index contributed by atoms with van der Waals surface area (Å²) in [6.07, 6.45) is 3.02. The lowest BCUT2D eigenvalue weighted by atomic mass is 10.2. The fourth-order valence-corrected chi connectivity index (χ4v) is 3.95. The van der Waals surface area contributed by atoms with E-state index in [2.05, 4.69) is 20.7 Å². The van der Waals surface area contributed by atoms with Crippen LogP contribution in [0.25, 0.3) is 5.82 Å². The van der Waals surface area contributed by atoms with E-state index in [9.17, 15) is 9.59 Å². The number of anilines is 2. The van der Waals surface area contributed by atoms with Crippen LogP contribution in [-0.2, 0) is 0 Å². The number of carbonyl (C=O) groups excluding carboxylic acids is 2. The summed E-state index contributed by atoms with van der Waals surface area (Å²) in [5, 5.41) is 10.5. The van der Waals surface area contributed by atoms with Crippen LogP contribution in [-0.4, -0.2) is 26.6 Å². The standard InChI is InChI=1S/C21H19N5O3S/c1-12-9-18(24-20(27)16-5-4-8-29-16)30-19(12)21(28)23-15-6-7-17(22-11-15)26-14(3)10-13(2)25-26/h4-11H,1-3H3,(H,23,28)(H,24,27). The van der Waals surface area contributed by atoms with Gasteiger partial charge in [0.05, 0.1) is 33.7 Å². The van der Waals surface area contributed by atoms with Gasteiger partial charge >= 0.3 is 0 Å². The summed E-state index contributed by atoms with van der Waals surface area (Å²) < 4.78 is 6.83. The number of pyridine rings is 1. The lowest BCUT2D eigenvalue weighted by Crippen LogP contribution is -2.12. The molecule has 152 valence electrons. The number of rotatable bonds is 5. The maximum Gasteiger partial charge on any atom is 0.291 e. The van der Waals surface area contributed by atoms with Gasteiger partial charge < -0.3 is 15.1 Å². The van der Waals surface area contributed by atoms with Gasteiger partial charge in [-0.1, -0.05) is 0 Å². The smallest absolute Gasteiger partial charge is 0.291 e. The molecule has 0 aliphatic rings. The molecule has 2 N–H and O–H groups in total. The second-order valence-corrected chi connectivity index (χ2v) is 7.80. The van der Waals surface area contributed by atoms with Crippen LogP contribution < -0.4 is 10.6 Å². The molecule has 0 bridgehead atoms. The van der Waals surface area contributed by atoms with Gasteiger partial charge in [-0.2, -0.15) is 5.10 Å². The fraction of sp³-hybridized carbons (Fsp3) is 0.143. The molecule has 8 nitrogen and oxygen atoms in total. The molecule has 4 heterocycles. The van der Waals surface area contributed by atoms with E-state index in [1.54, 1.807) is 41.2 Å². The maximum absolute atomic E-state index is 12.7. The van der Waals surface area contributed by atoms with Crippen LogP contribution in [0.3, 0.4) is 0 Å². The summed E-state index contributed by atoms with van der Waals surface area (Å²) in [4.78, 5) is 29.7. The van der Waals surface area contributed by atoms with Crippen molar-refractivity contribution in [3.63, 3.8) is 0 Å². The highest BCUT2D eigenvalue weighted by Crippen LogP contribution is 2.28. The molecule has 0 aromatic carbocycles. The molecule has 4 aromatic rings. The molecule has 0 radical (unpaired) electrons. The largest absolute Gasteiger partial charge is 0.459 e. The molecule has 9 heteroatoms. The molecule has 0 fully saturated rings. The number of carbonyl (C=O) groups is 2. The quantitative estimate of drug-likeness (QED) is 0.499. The molecule has 4 aromatic heterocycles. The van der Waals surface area contributed by atoms with Crippen molar-refractivity contribution in [2.75, 3.05) is 10.6 Å². The van der Waals surface area contributed by atoms with E-state index in [0.29, 0.717) is 21.4 Å². The Balaban J connectivity index is 1.45. The zero-order chi connectivity index (χ0) is 21.3. The van der Waals surface area contributed by atoms with Gasteiger partial charge in [-0.3, -0.25) is 9.59 Å². The number of furan rings is 1. The first-order valence-electron chi connectivity index (χ1n) is 9.17. The third-order valence-electron chi connectivity index (χ3n) is 4.34. The van der Waals surface area contributed by atoms with Gasteiger partial charge in [-0.05, 0) is 62.7 Å². The lowest BCUT2D eigenvalue weighted by Gasteiger charge is -2.07. The van der Waals surface area contributed by atoms with Crippen molar-refractivity contribution < 1.29 is 14.0 Å². The zero-order valence-electron chi connectivity index (χ0n) is 16.6. The summed E-state index contributed by atoms with van der Waals surface area (Å²) >= 11 is 1.20. The van der Waals surface area contributed by atoms with E-state index in [-0.39, 0.29) is 17.6 Å². The van der Waals surface area contributed by atoms with Crippen LogP contribution in [0.1, 0.15) is 37.2 Å². The molecule has 0 aliphatic heterocycles. The van der Waals surface area contributed by atoms with E-state index in [4.69, 9.17) is 4.42 Å². The monoisotopic (exact) mass is 421 g/mol. The topological polar surface area (TPSA) is 102 Å². The number of thiophene rings is 1.